The Kier molecular flexibility index (Phi) is 3.25. The van der Waals surface area contributed by atoms with Crippen LogP contribution in [0.3, 0.4) is 0 Å². The number of fused-ring (bicyclic) bond motifs is 2. The number of hydroxylamine groups is 2. The standard InChI is InChI=1S/C17H20NO5P/c1-20-14-8-6-12(7-9-14)11-17-15-5-3-2-4-13(15)10-16-18(17)23-24(19,21-16)22-17/h6-9,16H,2-5,10-11H2,1H3/t16?,17-,24?/m0/s1. The molecule has 1 aromatic carbocycles. The van der Waals surface area contributed by atoms with Crippen molar-refractivity contribution in [1.29, 1.82) is 0 Å². The fraction of sp³-hybridized carbons (Fsp3) is 0.529. The predicted octanol–water partition coefficient (Wildman–Crippen LogP) is 3.94. The Morgan fingerprint density at radius 2 is 2.08 bits per heavy atom. The summed E-state index contributed by atoms with van der Waals surface area (Å²) in [6.45, 7) is 0. The molecule has 6 nitrogen and oxygen atoms in total. The number of rotatable bonds is 3. The summed E-state index contributed by atoms with van der Waals surface area (Å²) in [5.74, 6) is 0.817. The zero-order valence-electron chi connectivity index (χ0n) is 13.6. The molecule has 0 aromatic heterocycles. The van der Waals surface area contributed by atoms with E-state index in [1.54, 1.807) is 12.2 Å². The quantitative estimate of drug-likeness (QED) is 0.609. The zero-order valence-corrected chi connectivity index (χ0v) is 14.5. The van der Waals surface area contributed by atoms with Crippen LogP contribution in [0, 0.1) is 0 Å². The normalized spacial score (nSPS) is 37.6. The lowest BCUT2D eigenvalue weighted by molar-refractivity contribution is -0.219. The van der Waals surface area contributed by atoms with Gasteiger partial charge in [-0.25, -0.2) is 4.57 Å². The Bertz CT molecular complexity index is 761. The van der Waals surface area contributed by atoms with Crippen LogP contribution in [0.15, 0.2) is 35.4 Å². The van der Waals surface area contributed by atoms with Crippen molar-refractivity contribution in [2.45, 2.75) is 50.5 Å². The molecule has 2 bridgehead atoms. The highest BCUT2D eigenvalue weighted by molar-refractivity contribution is 7.49. The lowest BCUT2D eigenvalue weighted by atomic mass is 9.78. The molecule has 3 heterocycles. The molecule has 3 aliphatic heterocycles. The van der Waals surface area contributed by atoms with E-state index in [0.717, 1.165) is 37.0 Å². The SMILES string of the molecule is COc1ccc(C[C@]23OP4(=O)OC(CC5=C2CCCC5)N3O4)cc1. The second-order valence-electron chi connectivity index (χ2n) is 6.81. The number of nitrogens with zero attached hydrogens (tertiary/aromatic N) is 1. The zero-order chi connectivity index (χ0) is 16.4. The first-order chi connectivity index (χ1) is 11.6. The number of hydrogen-bond acceptors (Lipinski definition) is 6. The number of methoxy groups -OCH3 is 1. The van der Waals surface area contributed by atoms with Gasteiger partial charge in [0, 0.05) is 12.8 Å². The molecule has 0 radical (unpaired) electrons. The van der Waals surface area contributed by atoms with E-state index in [2.05, 4.69) is 0 Å². The van der Waals surface area contributed by atoms with Gasteiger partial charge in [0.25, 0.3) is 0 Å². The van der Waals surface area contributed by atoms with Crippen molar-refractivity contribution < 1.29 is 23.0 Å². The van der Waals surface area contributed by atoms with Gasteiger partial charge in [-0.3, -0.25) is 9.05 Å². The van der Waals surface area contributed by atoms with Crippen LogP contribution in [0.2, 0.25) is 0 Å². The molecule has 4 aliphatic rings. The molecule has 128 valence electrons. The molecule has 0 spiro atoms. The Balaban J connectivity index is 1.58. The molecule has 2 unspecified atom stereocenters. The van der Waals surface area contributed by atoms with Gasteiger partial charge in [0.15, 0.2) is 12.0 Å². The van der Waals surface area contributed by atoms with Gasteiger partial charge < -0.3 is 4.74 Å². The van der Waals surface area contributed by atoms with Crippen LogP contribution in [0.25, 0.3) is 0 Å². The lowest BCUT2D eigenvalue weighted by Crippen LogP contribution is -2.57. The molecule has 0 N–H and O–H groups in total. The highest BCUT2D eigenvalue weighted by Gasteiger charge is 2.68. The minimum Gasteiger partial charge on any atom is -0.497 e. The van der Waals surface area contributed by atoms with Crippen molar-refractivity contribution in [3.8, 4) is 5.75 Å². The van der Waals surface area contributed by atoms with Crippen molar-refractivity contribution in [2.24, 2.45) is 0 Å². The summed E-state index contributed by atoms with van der Waals surface area (Å²) >= 11 is 0. The summed E-state index contributed by atoms with van der Waals surface area (Å²) in [6.07, 6.45) is 5.45. The number of ether oxygens (including phenoxy) is 1. The molecular weight excluding hydrogens is 329 g/mol. The number of benzene rings is 1. The van der Waals surface area contributed by atoms with Crippen molar-refractivity contribution in [1.82, 2.24) is 5.06 Å². The third-order valence-electron chi connectivity index (χ3n) is 5.40. The summed E-state index contributed by atoms with van der Waals surface area (Å²) in [4.78, 5) is 0. The topological polar surface area (TPSA) is 57.2 Å². The van der Waals surface area contributed by atoms with E-state index in [-0.39, 0.29) is 6.23 Å². The van der Waals surface area contributed by atoms with E-state index in [9.17, 15) is 4.57 Å². The summed E-state index contributed by atoms with van der Waals surface area (Å²) in [6, 6.07) is 7.91. The molecule has 1 aliphatic carbocycles. The van der Waals surface area contributed by atoms with Gasteiger partial charge in [0.05, 0.1) is 7.11 Å². The molecule has 2 saturated heterocycles. The van der Waals surface area contributed by atoms with Gasteiger partial charge in [-0.1, -0.05) is 17.7 Å². The van der Waals surface area contributed by atoms with E-state index < -0.39 is 13.5 Å². The molecule has 2 fully saturated rings. The van der Waals surface area contributed by atoms with Crippen LogP contribution >= 0.6 is 7.82 Å². The molecule has 24 heavy (non-hydrogen) atoms. The first kappa shape index (κ1) is 15.1. The molecule has 5 rings (SSSR count). The Hall–Kier alpha value is -1.17. The van der Waals surface area contributed by atoms with Gasteiger partial charge in [-0.15, -0.1) is 5.06 Å². The van der Waals surface area contributed by atoms with E-state index in [1.165, 1.54) is 17.6 Å². The summed E-state index contributed by atoms with van der Waals surface area (Å²) in [5, 5.41) is 1.72. The van der Waals surface area contributed by atoms with Gasteiger partial charge in [-0.05, 0) is 49.0 Å². The van der Waals surface area contributed by atoms with Gasteiger partial charge in [-0.2, -0.15) is 4.62 Å². The Morgan fingerprint density at radius 3 is 2.83 bits per heavy atom. The first-order valence-electron chi connectivity index (χ1n) is 8.44. The molecule has 0 amide bonds. The highest BCUT2D eigenvalue weighted by atomic mass is 31.2. The maximum absolute atomic E-state index is 12.7. The smallest absolute Gasteiger partial charge is 0.495 e. The summed E-state index contributed by atoms with van der Waals surface area (Å²) < 4.78 is 35.0. The predicted molar refractivity (Wildman–Crippen MR) is 86.0 cm³/mol. The highest BCUT2D eigenvalue weighted by Crippen LogP contribution is 2.72. The maximum atomic E-state index is 12.7. The second kappa shape index (κ2) is 5.16. The van der Waals surface area contributed by atoms with E-state index in [0.29, 0.717) is 6.42 Å². The number of phosphoric acid groups is 1. The van der Waals surface area contributed by atoms with Gasteiger partial charge in [0.2, 0.25) is 0 Å². The minimum absolute atomic E-state index is 0.292. The van der Waals surface area contributed by atoms with Gasteiger partial charge >= 0.3 is 7.82 Å². The third kappa shape index (κ3) is 2.07. The first-order valence-corrected chi connectivity index (χ1v) is 9.90. The molecule has 1 aromatic rings. The van der Waals surface area contributed by atoms with Gasteiger partial charge in [0.1, 0.15) is 5.75 Å². The van der Waals surface area contributed by atoms with Crippen LogP contribution in [-0.2, 0) is 24.7 Å². The third-order valence-corrected chi connectivity index (χ3v) is 6.80. The largest absolute Gasteiger partial charge is 0.497 e. The molecular formula is C17H20NO5P. The van der Waals surface area contributed by atoms with Crippen molar-refractivity contribution in [3.63, 3.8) is 0 Å². The molecule has 7 heteroatoms. The van der Waals surface area contributed by atoms with Crippen LogP contribution < -0.4 is 4.74 Å². The Labute approximate surface area is 140 Å². The van der Waals surface area contributed by atoms with Crippen LogP contribution in [-0.4, -0.2) is 24.1 Å². The summed E-state index contributed by atoms with van der Waals surface area (Å²) in [7, 11) is -1.82. The fourth-order valence-corrected chi connectivity index (χ4v) is 6.00. The van der Waals surface area contributed by atoms with Crippen LogP contribution in [0.4, 0.5) is 0 Å². The van der Waals surface area contributed by atoms with E-state index in [4.69, 9.17) is 18.4 Å². The van der Waals surface area contributed by atoms with E-state index in [1.807, 2.05) is 24.3 Å². The minimum atomic E-state index is -3.47. The maximum Gasteiger partial charge on any atom is 0.495 e. The average Bonchev–Trinajstić information content (AvgIpc) is 3.07. The average molecular weight is 349 g/mol. The Morgan fingerprint density at radius 1 is 1.29 bits per heavy atom. The second-order valence-corrected chi connectivity index (χ2v) is 8.26. The van der Waals surface area contributed by atoms with Crippen LogP contribution in [0.5, 0.6) is 5.75 Å². The lowest BCUT2D eigenvalue weighted by Gasteiger charge is -2.46. The number of hydrogen-bond donors (Lipinski definition) is 0. The van der Waals surface area contributed by atoms with Crippen LogP contribution in [0.1, 0.15) is 37.7 Å². The number of phosphoric ester groups is 1. The van der Waals surface area contributed by atoms with Crippen molar-refractivity contribution >= 4 is 7.82 Å². The summed E-state index contributed by atoms with van der Waals surface area (Å²) in [5.41, 5.74) is 2.97. The van der Waals surface area contributed by atoms with E-state index >= 15 is 0 Å². The molecule has 3 atom stereocenters. The fourth-order valence-electron chi connectivity index (χ4n) is 4.35. The van der Waals surface area contributed by atoms with Crippen molar-refractivity contribution in [3.05, 3.63) is 41.0 Å². The molecule has 0 saturated carbocycles. The van der Waals surface area contributed by atoms with Crippen molar-refractivity contribution in [2.75, 3.05) is 7.11 Å². The monoisotopic (exact) mass is 349 g/mol.